The maximum absolute atomic E-state index is 13.0. The molecular weight excluding hydrogens is 719 g/mol. The van der Waals surface area contributed by atoms with Crippen LogP contribution in [0.4, 0.5) is 0 Å². The van der Waals surface area contributed by atoms with Gasteiger partial charge in [-0.05, 0) is 19.3 Å². The number of amides is 1. The van der Waals surface area contributed by atoms with Gasteiger partial charge in [-0.15, -0.1) is 0 Å². The number of ether oxygens (including phenoxy) is 2. The summed E-state index contributed by atoms with van der Waals surface area (Å²) in [6, 6.07) is -0.798. The Hall–Kier alpha value is -1.07. The van der Waals surface area contributed by atoms with Crippen LogP contribution in [0.2, 0.25) is 0 Å². The van der Waals surface area contributed by atoms with Gasteiger partial charge in [0.15, 0.2) is 6.29 Å². The molecule has 57 heavy (non-hydrogen) atoms. The van der Waals surface area contributed by atoms with Crippen molar-refractivity contribution in [2.45, 2.75) is 275 Å². The lowest BCUT2D eigenvalue weighted by Crippen LogP contribution is -2.60. The summed E-state index contributed by atoms with van der Waals surface area (Å²) in [4.78, 5) is 13.0. The highest BCUT2D eigenvalue weighted by atomic mass is 16.7. The van der Waals surface area contributed by atoms with Crippen molar-refractivity contribution in [3.63, 3.8) is 0 Å². The molecule has 1 rings (SSSR count). The van der Waals surface area contributed by atoms with E-state index in [-0.39, 0.29) is 12.5 Å². The van der Waals surface area contributed by atoms with Gasteiger partial charge in [0.25, 0.3) is 0 Å². The van der Waals surface area contributed by atoms with Crippen molar-refractivity contribution in [3.8, 4) is 0 Å². The lowest BCUT2D eigenvalue weighted by molar-refractivity contribution is -0.302. The number of unbranched alkanes of at least 4 members (excludes halogenated alkanes) is 31. The van der Waals surface area contributed by atoms with E-state index in [9.17, 15) is 30.3 Å². The van der Waals surface area contributed by atoms with Gasteiger partial charge in [0, 0.05) is 6.42 Å². The molecule has 7 atom stereocenters. The Morgan fingerprint density at radius 3 is 1.37 bits per heavy atom. The molecule has 0 bridgehead atoms. The Bertz CT molecular complexity index is 904. The van der Waals surface area contributed by atoms with Crippen molar-refractivity contribution in [2.75, 3.05) is 13.2 Å². The number of rotatable bonds is 41. The zero-order valence-electron chi connectivity index (χ0n) is 37.1. The van der Waals surface area contributed by atoms with Crippen molar-refractivity contribution in [3.05, 3.63) is 12.2 Å². The molecule has 1 amide bonds. The standard InChI is InChI=1S/C48H93NO8/c1-3-5-7-9-11-13-15-17-18-19-20-21-22-23-24-26-28-30-32-34-36-38-44(52)49-41(40-56-48-47(55)46(54)45(53)43(39-50)57-48)42(51)37-35-33-31-29-27-25-16-14-12-10-8-6-4-2/h35,37,41-43,45-48,50-51,53-55H,3-34,36,38-40H2,1-2H3,(H,49,52)/b37-35+/t41-,42+,43-,45-,46+,47-,48?/m1/s1. The second kappa shape index (κ2) is 39.1. The molecule has 1 unspecified atom stereocenters. The van der Waals surface area contributed by atoms with Gasteiger partial charge < -0.3 is 40.3 Å². The van der Waals surface area contributed by atoms with E-state index in [1.165, 1.54) is 173 Å². The van der Waals surface area contributed by atoms with Crippen LogP contribution < -0.4 is 5.32 Å². The minimum absolute atomic E-state index is 0.173. The number of nitrogens with one attached hydrogen (secondary N) is 1. The second-order valence-electron chi connectivity index (χ2n) is 17.3. The lowest BCUT2D eigenvalue weighted by atomic mass is 9.99. The number of hydrogen-bond acceptors (Lipinski definition) is 8. The minimum atomic E-state index is -1.56. The number of carbonyl (C=O) groups is 1. The van der Waals surface area contributed by atoms with Crippen molar-refractivity contribution in [2.24, 2.45) is 0 Å². The Kier molecular flexibility index (Phi) is 37.0. The van der Waals surface area contributed by atoms with Gasteiger partial charge in [-0.1, -0.05) is 219 Å². The van der Waals surface area contributed by atoms with Crippen LogP contribution in [0, 0.1) is 0 Å². The smallest absolute Gasteiger partial charge is 0.220 e. The predicted octanol–water partition coefficient (Wildman–Crippen LogP) is 10.5. The fraction of sp³-hybridized carbons (Fsp3) is 0.938. The summed E-state index contributed by atoms with van der Waals surface area (Å²) in [5.41, 5.74) is 0. The monoisotopic (exact) mass is 812 g/mol. The van der Waals surface area contributed by atoms with Crippen molar-refractivity contribution in [1.29, 1.82) is 0 Å². The molecule has 1 aliphatic rings. The average molecular weight is 812 g/mol. The Labute approximate surface area is 350 Å². The zero-order chi connectivity index (χ0) is 41.6. The molecule has 1 heterocycles. The summed E-state index contributed by atoms with van der Waals surface area (Å²) < 4.78 is 11.2. The summed E-state index contributed by atoms with van der Waals surface area (Å²) in [5, 5.41) is 54.2. The van der Waals surface area contributed by atoms with Gasteiger partial charge in [0.2, 0.25) is 5.91 Å². The average Bonchev–Trinajstić information content (AvgIpc) is 3.21. The van der Waals surface area contributed by atoms with Gasteiger partial charge in [-0.25, -0.2) is 0 Å². The highest BCUT2D eigenvalue weighted by Crippen LogP contribution is 2.23. The lowest BCUT2D eigenvalue weighted by Gasteiger charge is -2.40. The highest BCUT2D eigenvalue weighted by Gasteiger charge is 2.44. The molecular formula is C48H93NO8. The Balaban J connectivity index is 2.27. The number of aliphatic hydroxyl groups excluding tert-OH is 5. The molecule has 0 aliphatic carbocycles. The zero-order valence-corrected chi connectivity index (χ0v) is 37.1. The first kappa shape index (κ1) is 53.9. The molecule has 0 radical (unpaired) electrons. The molecule has 0 aromatic carbocycles. The third kappa shape index (κ3) is 29.7. The molecule has 0 aromatic heterocycles. The quantitative estimate of drug-likeness (QED) is 0.0264. The molecule has 0 aromatic rings. The third-order valence-corrected chi connectivity index (χ3v) is 11.9. The molecule has 1 fully saturated rings. The van der Waals surface area contributed by atoms with Crippen LogP contribution in [0.25, 0.3) is 0 Å². The largest absolute Gasteiger partial charge is 0.394 e. The van der Waals surface area contributed by atoms with Crippen LogP contribution in [-0.2, 0) is 14.3 Å². The van der Waals surface area contributed by atoms with E-state index in [4.69, 9.17) is 9.47 Å². The number of hydrogen-bond donors (Lipinski definition) is 6. The fourth-order valence-electron chi connectivity index (χ4n) is 7.92. The molecule has 1 saturated heterocycles. The van der Waals surface area contributed by atoms with Crippen molar-refractivity contribution >= 4 is 5.91 Å². The van der Waals surface area contributed by atoms with E-state index in [0.717, 1.165) is 38.5 Å². The van der Waals surface area contributed by atoms with Crippen molar-refractivity contribution in [1.82, 2.24) is 5.32 Å². The fourth-order valence-corrected chi connectivity index (χ4v) is 7.92. The topological polar surface area (TPSA) is 149 Å². The molecule has 1 aliphatic heterocycles. The van der Waals surface area contributed by atoms with Gasteiger partial charge in [-0.3, -0.25) is 4.79 Å². The Morgan fingerprint density at radius 2 is 0.965 bits per heavy atom. The highest BCUT2D eigenvalue weighted by molar-refractivity contribution is 5.76. The first-order valence-electron chi connectivity index (χ1n) is 24.4. The number of allylic oxidation sites excluding steroid dienone is 1. The minimum Gasteiger partial charge on any atom is -0.394 e. The first-order valence-corrected chi connectivity index (χ1v) is 24.4. The van der Waals surface area contributed by atoms with Gasteiger partial charge >= 0.3 is 0 Å². The van der Waals surface area contributed by atoms with E-state index in [2.05, 4.69) is 19.2 Å². The maximum Gasteiger partial charge on any atom is 0.220 e. The summed E-state index contributed by atoms with van der Waals surface area (Å²) in [5.74, 6) is -0.173. The van der Waals surface area contributed by atoms with Crippen LogP contribution in [0.15, 0.2) is 12.2 Å². The molecule has 9 nitrogen and oxygen atoms in total. The molecule has 6 N–H and O–H groups in total. The normalized spacial score (nSPS) is 21.0. The first-order chi connectivity index (χ1) is 27.8. The summed E-state index contributed by atoms with van der Waals surface area (Å²) >= 11 is 0. The van der Waals surface area contributed by atoms with E-state index < -0.39 is 49.5 Å². The van der Waals surface area contributed by atoms with Gasteiger partial charge in [-0.2, -0.15) is 0 Å². The van der Waals surface area contributed by atoms with Crippen LogP contribution in [0.5, 0.6) is 0 Å². The van der Waals surface area contributed by atoms with E-state index in [1.54, 1.807) is 6.08 Å². The summed E-state index contributed by atoms with van der Waals surface area (Å²) in [6.07, 6.45) is 38.3. The predicted molar refractivity (Wildman–Crippen MR) is 235 cm³/mol. The molecule has 0 spiro atoms. The van der Waals surface area contributed by atoms with Gasteiger partial charge in [0.05, 0.1) is 25.4 Å². The third-order valence-electron chi connectivity index (χ3n) is 11.9. The van der Waals surface area contributed by atoms with Crippen LogP contribution in [-0.4, -0.2) is 87.5 Å². The Morgan fingerprint density at radius 1 is 0.579 bits per heavy atom. The summed E-state index contributed by atoms with van der Waals surface area (Å²) in [7, 11) is 0. The number of carbonyl (C=O) groups excluding carboxylic acids is 1. The van der Waals surface area contributed by atoms with Crippen LogP contribution in [0.1, 0.15) is 232 Å². The van der Waals surface area contributed by atoms with Crippen LogP contribution in [0.3, 0.4) is 0 Å². The summed E-state index contributed by atoms with van der Waals surface area (Å²) in [6.45, 7) is 3.79. The van der Waals surface area contributed by atoms with E-state index in [1.807, 2.05) is 6.08 Å². The van der Waals surface area contributed by atoms with Crippen LogP contribution >= 0.6 is 0 Å². The molecule has 0 saturated carbocycles. The van der Waals surface area contributed by atoms with Crippen molar-refractivity contribution < 1.29 is 39.8 Å². The molecule has 338 valence electrons. The molecule has 9 heteroatoms. The maximum atomic E-state index is 13.0. The number of aliphatic hydroxyl groups is 5. The van der Waals surface area contributed by atoms with Gasteiger partial charge in [0.1, 0.15) is 24.4 Å². The SMILES string of the molecule is CCCCCCCCCCCCC/C=C/[C@H](O)[C@@H](COC1O[C@H](CO)[C@@H](O)[C@H](O)[C@H]1O)NC(=O)CCCCCCCCCCCCCCCCCCCCCCC. The second-order valence-corrected chi connectivity index (χ2v) is 17.3. The van der Waals surface area contributed by atoms with E-state index in [0.29, 0.717) is 6.42 Å². The van der Waals surface area contributed by atoms with E-state index >= 15 is 0 Å².